The van der Waals surface area contributed by atoms with Gasteiger partial charge in [0.1, 0.15) is 11.3 Å². The fourth-order valence-electron chi connectivity index (χ4n) is 4.38. The van der Waals surface area contributed by atoms with Gasteiger partial charge in [0.2, 0.25) is 5.95 Å². The molecule has 1 saturated carbocycles. The molecule has 0 unspecified atom stereocenters. The predicted octanol–water partition coefficient (Wildman–Crippen LogP) is 4.50. The molecule has 5 rings (SSSR count). The smallest absolute Gasteiger partial charge is 0.241 e. The van der Waals surface area contributed by atoms with Crippen LogP contribution in [0.5, 0.6) is 0 Å². The molecule has 0 radical (unpaired) electrons. The number of aromatic amines is 1. The molecule has 0 spiro atoms. The molecule has 0 atom stereocenters. The van der Waals surface area contributed by atoms with Crippen molar-refractivity contribution < 1.29 is 5.11 Å². The zero-order valence-corrected chi connectivity index (χ0v) is 17.3. The van der Waals surface area contributed by atoms with Crippen molar-refractivity contribution in [1.82, 2.24) is 24.6 Å². The van der Waals surface area contributed by atoms with Crippen molar-refractivity contribution in [2.24, 2.45) is 0 Å². The molecular weight excluding hydrogens is 376 g/mol. The summed E-state index contributed by atoms with van der Waals surface area (Å²) in [5.74, 6) is 1.91. The topological polar surface area (TPSA) is 91.1 Å². The number of unbranched alkanes of at least 4 members (excludes halogenated alkanes) is 1. The van der Waals surface area contributed by atoms with Gasteiger partial charge in [-0.05, 0) is 50.3 Å². The van der Waals surface area contributed by atoms with E-state index in [-0.39, 0.29) is 6.10 Å². The summed E-state index contributed by atoms with van der Waals surface area (Å²) in [6.07, 6.45) is 9.35. The van der Waals surface area contributed by atoms with Gasteiger partial charge in [-0.3, -0.25) is 0 Å². The number of aromatic nitrogens is 5. The first-order chi connectivity index (χ1) is 14.7. The Hall–Kier alpha value is -2.93. The summed E-state index contributed by atoms with van der Waals surface area (Å²) >= 11 is 0. The second kappa shape index (κ2) is 8.07. The van der Waals surface area contributed by atoms with Crippen molar-refractivity contribution >= 4 is 22.4 Å². The minimum absolute atomic E-state index is 0.191. The molecule has 0 aliphatic heterocycles. The first-order valence-corrected chi connectivity index (χ1v) is 11.0. The van der Waals surface area contributed by atoms with Crippen molar-refractivity contribution in [3.05, 3.63) is 42.5 Å². The van der Waals surface area contributed by atoms with E-state index in [0.29, 0.717) is 11.9 Å². The SMILES string of the molecule is CCCCNc1ncc2c(-c3ccc4[nH]ccc4c3)nc(C3CCC(O)CC3)n2n1. The summed E-state index contributed by atoms with van der Waals surface area (Å²) in [5, 5.41) is 19.2. The molecule has 156 valence electrons. The van der Waals surface area contributed by atoms with Crippen molar-refractivity contribution in [2.45, 2.75) is 57.5 Å². The molecule has 3 N–H and O–H groups in total. The third-order valence-corrected chi connectivity index (χ3v) is 6.12. The zero-order valence-electron chi connectivity index (χ0n) is 17.3. The number of aliphatic hydroxyl groups excluding tert-OH is 1. The zero-order chi connectivity index (χ0) is 20.5. The highest BCUT2D eigenvalue weighted by atomic mass is 16.3. The van der Waals surface area contributed by atoms with Crippen LogP contribution < -0.4 is 5.32 Å². The Morgan fingerprint density at radius 2 is 2.07 bits per heavy atom. The number of imidazole rings is 1. The number of H-pyrrole nitrogens is 1. The summed E-state index contributed by atoms with van der Waals surface area (Å²) in [5.41, 5.74) is 4.02. The Bertz CT molecular complexity index is 1160. The van der Waals surface area contributed by atoms with Gasteiger partial charge in [0, 0.05) is 35.1 Å². The van der Waals surface area contributed by atoms with Crippen LogP contribution in [-0.4, -0.2) is 42.3 Å². The van der Waals surface area contributed by atoms with E-state index in [1.54, 1.807) is 0 Å². The number of nitrogens with one attached hydrogen (secondary N) is 2. The summed E-state index contributed by atoms with van der Waals surface area (Å²) in [7, 11) is 0. The minimum atomic E-state index is -0.191. The first kappa shape index (κ1) is 19.1. The Morgan fingerprint density at radius 3 is 2.90 bits per heavy atom. The Morgan fingerprint density at radius 1 is 1.20 bits per heavy atom. The van der Waals surface area contributed by atoms with Crippen molar-refractivity contribution in [2.75, 3.05) is 11.9 Å². The molecule has 7 nitrogen and oxygen atoms in total. The molecule has 30 heavy (non-hydrogen) atoms. The number of anilines is 1. The Labute approximate surface area is 175 Å². The maximum Gasteiger partial charge on any atom is 0.241 e. The van der Waals surface area contributed by atoms with E-state index in [0.717, 1.165) is 78.6 Å². The largest absolute Gasteiger partial charge is 0.393 e. The lowest BCUT2D eigenvalue weighted by atomic mass is 9.87. The van der Waals surface area contributed by atoms with E-state index in [4.69, 9.17) is 10.1 Å². The van der Waals surface area contributed by atoms with Gasteiger partial charge in [0.05, 0.1) is 18.0 Å². The van der Waals surface area contributed by atoms with Crippen LogP contribution in [0.4, 0.5) is 5.95 Å². The van der Waals surface area contributed by atoms with Crippen molar-refractivity contribution in [3.8, 4) is 11.3 Å². The maximum atomic E-state index is 9.95. The van der Waals surface area contributed by atoms with E-state index in [2.05, 4.69) is 46.5 Å². The first-order valence-electron chi connectivity index (χ1n) is 11.0. The van der Waals surface area contributed by atoms with Gasteiger partial charge in [-0.15, -0.1) is 5.10 Å². The van der Waals surface area contributed by atoms with E-state index in [1.807, 2.05) is 16.9 Å². The lowest BCUT2D eigenvalue weighted by Crippen LogP contribution is -2.19. The van der Waals surface area contributed by atoms with Crippen LogP contribution in [0.25, 0.3) is 27.7 Å². The molecule has 3 heterocycles. The Balaban J connectivity index is 1.59. The molecule has 0 bridgehead atoms. The molecule has 0 saturated heterocycles. The van der Waals surface area contributed by atoms with Crippen LogP contribution in [0.15, 0.2) is 36.7 Å². The van der Waals surface area contributed by atoms with Gasteiger partial charge in [-0.2, -0.15) is 0 Å². The van der Waals surface area contributed by atoms with Gasteiger partial charge in [0.25, 0.3) is 0 Å². The van der Waals surface area contributed by atoms with E-state index < -0.39 is 0 Å². The van der Waals surface area contributed by atoms with Crippen molar-refractivity contribution in [1.29, 1.82) is 0 Å². The average molecular weight is 405 g/mol. The molecule has 0 amide bonds. The van der Waals surface area contributed by atoms with E-state index >= 15 is 0 Å². The lowest BCUT2D eigenvalue weighted by Gasteiger charge is -2.24. The van der Waals surface area contributed by atoms with Crippen LogP contribution in [0.1, 0.15) is 57.2 Å². The van der Waals surface area contributed by atoms with Crippen LogP contribution in [0, 0.1) is 0 Å². The lowest BCUT2D eigenvalue weighted by molar-refractivity contribution is 0.121. The van der Waals surface area contributed by atoms with Crippen molar-refractivity contribution in [3.63, 3.8) is 0 Å². The summed E-state index contributed by atoms with van der Waals surface area (Å²) in [4.78, 5) is 12.9. The summed E-state index contributed by atoms with van der Waals surface area (Å²) in [6, 6.07) is 8.43. The van der Waals surface area contributed by atoms with Gasteiger partial charge in [-0.1, -0.05) is 19.4 Å². The van der Waals surface area contributed by atoms with Crippen LogP contribution in [-0.2, 0) is 0 Å². The molecule has 4 aromatic rings. The number of rotatable bonds is 6. The minimum Gasteiger partial charge on any atom is -0.393 e. The molecule has 1 aliphatic rings. The van der Waals surface area contributed by atoms with Crippen LogP contribution in [0.3, 0.4) is 0 Å². The molecule has 7 heteroatoms. The highest BCUT2D eigenvalue weighted by molar-refractivity contribution is 5.87. The monoisotopic (exact) mass is 404 g/mol. The number of fused-ring (bicyclic) bond motifs is 2. The number of nitrogens with zero attached hydrogens (tertiary/aromatic N) is 4. The summed E-state index contributed by atoms with van der Waals surface area (Å²) in [6.45, 7) is 3.03. The molecule has 3 aromatic heterocycles. The number of benzene rings is 1. The molecular formula is C23H28N6O. The standard InChI is InChI=1S/C23H28N6O/c1-2-3-11-25-23-26-14-20-21(17-6-9-19-16(13-17)10-12-24-19)27-22(29(20)28-23)15-4-7-18(30)8-5-15/h6,9-10,12-15,18,24,30H,2-5,7-8,11H2,1H3,(H,25,28). The quantitative estimate of drug-likeness (QED) is 0.412. The predicted molar refractivity (Wildman–Crippen MR) is 119 cm³/mol. The fourth-order valence-corrected chi connectivity index (χ4v) is 4.38. The van der Waals surface area contributed by atoms with Gasteiger partial charge < -0.3 is 15.4 Å². The highest BCUT2D eigenvalue weighted by Gasteiger charge is 2.27. The average Bonchev–Trinajstić information content (AvgIpc) is 3.38. The van der Waals surface area contributed by atoms with Gasteiger partial charge in [0.15, 0.2) is 0 Å². The van der Waals surface area contributed by atoms with Gasteiger partial charge >= 0.3 is 0 Å². The normalized spacial score (nSPS) is 19.5. The summed E-state index contributed by atoms with van der Waals surface area (Å²) < 4.78 is 1.97. The third-order valence-electron chi connectivity index (χ3n) is 6.12. The van der Waals surface area contributed by atoms with Crippen LogP contribution in [0.2, 0.25) is 0 Å². The van der Waals surface area contributed by atoms with Crippen LogP contribution >= 0.6 is 0 Å². The van der Waals surface area contributed by atoms with Gasteiger partial charge in [-0.25, -0.2) is 14.5 Å². The molecule has 1 fully saturated rings. The fraction of sp³-hybridized carbons (Fsp3) is 0.435. The highest BCUT2D eigenvalue weighted by Crippen LogP contribution is 2.35. The second-order valence-corrected chi connectivity index (χ2v) is 8.26. The maximum absolute atomic E-state index is 9.95. The number of aliphatic hydroxyl groups is 1. The van der Waals surface area contributed by atoms with E-state index in [1.165, 1.54) is 0 Å². The Kier molecular flexibility index (Phi) is 5.12. The number of hydrogen-bond donors (Lipinski definition) is 3. The molecule has 1 aliphatic carbocycles. The number of hydrogen-bond acceptors (Lipinski definition) is 5. The molecule has 1 aromatic carbocycles. The van der Waals surface area contributed by atoms with E-state index in [9.17, 15) is 5.11 Å². The third kappa shape index (κ3) is 3.54. The second-order valence-electron chi connectivity index (χ2n) is 8.26.